The van der Waals surface area contributed by atoms with Crippen molar-refractivity contribution in [2.45, 2.75) is 0 Å². The van der Waals surface area contributed by atoms with Crippen LogP contribution in [0.2, 0.25) is 0 Å². The molecule has 1 heterocycles. The van der Waals surface area contributed by atoms with Crippen LogP contribution in [0.15, 0.2) is 36.2 Å². The lowest BCUT2D eigenvalue weighted by Crippen LogP contribution is -2.30. The van der Waals surface area contributed by atoms with Crippen molar-refractivity contribution in [3.63, 3.8) is 0 Å². The van der Waals surface area contributed by atoms with Crippen LogP contribution in [-0.4, -0.2) is 30.0 Å². The van der Waals surface area contributed by atoms with Crippen molar-refractivity contribution in [2.75, 3.05) is 19.2 Å². The third-order valence-corrected chi connectivity index (χ3v) is 2.94. The molecule has 0 N–H and O–H groups in total. The molecule has 1 amide bonds. The van der Waals surface area contributed by atoms with Crippen LogP contribution in [-0.2, 0) is 4.74 Å². The zero-order valence-electron chi connectivity index (χ0n) is 9.35. The first-order chi connectivity index (χ1) is 8.27. The molecule has 1 aliphatic heterocycles. The van der Waals surface area contributed by atoms with Crippen LogP contribution in [0.3, 0.4) is 0 Å². The molecule has 0 aliphatic carbocycles. The number of fused-ring (bicyclic) bond motifs is 1. The van der Waals surface area contributed by atoms with Gasteiger partial charge in [-0.05, 0) is 12.1 Å². The maximum absolute atomic E-state index is 12.3. The number of hydrogen-bond acceptors (Lipinski definition) is 3. The number of amides is 1. The number of benzene rings is 1. The van der Waals surface area contributed by atoms with Gasteiger partial charge in [-0.1, -0.05) is 28.1 Å². The standard InChI is InChI=1S/C12H12BrNO3/c1-16-6-9-7-17-11-5-3-2-4-10(11)12(15)14(9)8-13/h2-5,7H,6,8H2,1H3. The number of rotatable bonds is 3. The molecule has 0 saturated heterocycles. The smallest absolute Gasteiger partial charge is 0.262 e. The van der Waals surface area contributed by atoms with E-state index < -0.39 is 0 Å². The second-order valence-corrected chi connectivity index (χ2v) is 4.01. The Morgan fingerprint density at radius 2 is 2.18 bits per heavy atom. The number of hydrogen-bond donors (Lipinski definition) is 0. The monoisotopic (exact) mass is 297 g/mol. The first-order valence-electron chi connectivity index (χ1n) is 5.09. The second-order valence-electron chi connectivity index (χ2n) is 3.51. The quantitative estimate of drug-likeness (QED) is 0.635. The molecule has 0 atom stereocenters. The van der Waals surface area contributed by atoms with Gasteiger partial charge in [-0.3, -0.25) is 9.69 Å². The minimum absolute atomic E-state index is 0.0988. The van der Waals surface area contributed by atoms with Crippen LogP contribution in [0.1, 0.15) is 10.4 Å². The van der Waals surface area contributed by atoms with E-state index in [9.17, 15) is 4.79 Å². The molecule has 1 aliphatic rings. The van der Waals surface area contributed by atoms with Crippen LogP contribution >= 0.6 is 15.9 Å². The van der Waals surface area contributed by atoms with Crippen molar-refractivity contribution in [3.05, 3.63) is 41.8 Å². The van der Waals surface area contributed by atoms with Gasteiger partial charge in [-0.2, -0.15) is 0 Å². The second kappa shape index (κ2) is 5.33. The molecule has 0 aromatic heterocycles. The lowest BCUT2D eigenvalue weighted by Gasteiger charge is -2.20. The predicted octanol–water partition coefficient (Wildman–Crippen LogP) is 2.36. The number of methoxy groups -OCH3 is 1. The van der Waals surface area contributed by atoms with Gasteiger partial charge in [0.2, 0.25) is 0 Å². The Balaban J connectivity index is 2.41. The van der Waals surface area contributed by atoms with E-state index in [1.165, 1.54) is 0 Å². The number of halogens is 1. The summed E-state index contributed by atoms with van der Waals surface area (Å²) in [5.41, 5.74) is 1.64. The molecule has 0 radical (unpaired) electrons. The number of nitrogens with zero attached hydrogens (tertiary/aromatic N) is 1. The summed E-state index contributed by atoms with van der Waals surface area (Å²) in [6.07, 6.45) is 1.55. The van der Waals surface area contributed by atoms with Gasteiger partial charge in [-0.25, -0.2) is 0 Å². The van der Waals surface area contributed by atoms with E-state index in [4.69, 9.17) is 9.47 Å². The van der Waals surface area contributed by atoms with Crippen LogP contribution in [0, 0.1) is 0 Å². The number of carbonyl (C=O) groups excluding carboxylic acids is 1. The van der Waals surface area contributed by atoms with Gasteiger partial charge >= 0.3 is 0 Å². The lowest BCUT2D eigenvalue weighted by molar-refractivity contribution is 0.0805. The fourth-order valence-electron chi connectivity index (χ4n) is 1.61. The van der Waals surface area contributed by atoms with Gasteiger partial charge in [0, 0.05) is 7.11 Å². The van der Waals surface area contributed by atoms with E-state index in [1.807, 2.05) is 12.1 Å². The fraction of sp³-hybridized carbons (Fsp3) is 0.250. The van der Waals surface area contributed by atoms with Crippen LogP contribution in [0.25, 0.3) is 0 Å². The zero-order chi connectivity index (χ0) is 12.3. The number of carbonyl (C=O) groups is 1. The van der Waals surface area contributed by atoms with E-state index in [-0.39, 0.29) is 5.91 Å². The maximum atomic E-state index is 12.3. The van der Waals surface area contributed by atoms with Gasteiger partial charge in [-0.15, -0.1) is 0 Å². The van der Waals surface area contributed by atoms with Crippen molar-refractivity contribution >= 4 is 21.8 Å². The predicted molar refractivity (Wildman–Crippen MR) is 67.0 cm³/mol. The molecule has 1 aromatic rings. The summed E-state index contributed by atoms with van der Waals surface area (Å²) in [4.78, 5) is 13.9. The molecule has 90 valence electrons. The Kier molecular flexibility index (Phi) is 3.81. The Hall–Kier alpha value is -1.33. The highest BCUT2D eigenvalue weighted by atomic mass is 79.9. The largest absolute Gasteiger partial charge is 0.462 e. The van der Waals surface area contributed by atoms with Gasteiger partial charge in [0.1, 0.15) is 12.0 Å². The van der Waals surface area contributed by atoms with Crippen molar-refractivity contribution < 1.29 is 14.3 Å². The summed E-state index contributed by atoms with van der Waals surface area (Å²) in [6, 6.07) is 7.16. The number of para-hydroxylation sites is 1. The molecule has 0 spiro atoms. The van der Waals surface area contributed by atoms with Crippen LogP contribution < -0.4 is 4.74 Å². The Labute approximate surface area is 108 Å². The van der Waals surface area contributed by atoms with Gasteiger partial charge in [0.25, 0.3) is 5.91 Å². The summed E-state index contributed by atoms with van der Waals surface area (Å²) < 4.78 is 10.5. The third kappa shape index (κ3) is 2.35. The minimum atomic E-state index is -0.0988. The van der Waals surface area contributed by atoms with Crippen LogP contribution in [0.4, 0.5) is 0 Å². The topological polar surface area (TPSA) is 38.8 Å². The molecule has 2 rings (SSSR count). The van der Waals surface area contributed by atoms with Gasteiger partial charge in [0.15, 0.2) is 0 Å². The molecule has 4 nitrogen and oxygen atoms in total. The molecule has 5 heteroatoms. The molecule has 17 heavy (non-hydrogen) atoms. The molecule has 0 saturated carbocycles. The molecule has 0 fully saturated rings. The summed E-state index contributed by atoms with van der Waals surface area (Å²) >= 11 is 3.30. The van der Waals surface area contributed by atoms with E-state index in [2.05, 4.69) is 15.9 Å². The number of alkyl halides is 1. The van der Waals surface area contributed by atoms with E-state index in [0.717, 1.165) is 0 Å². The van der Waals surface area contributed by atoms with Crippen molar-refractivity contribution in [2.24, 2.45) is 0 Å². The normalized spacial score (nSPS) is 14.8. The van der Waals surface area contributed by atoms with Gasteiger partial charge in [0.05, 0.1) is 23.3 Å². The Bertz CT molecular complexity index is 459. The Morgan fingerprint density at radius 1 is 1.41 bits per heavy atom. The maximum Gasteiger partial charge on any atom is 0.262 e. The lowest BCUT2D eigenvalue weighted by atomic mass is 10.2. The van der Waals surface area contributed by atoms with Crippen molar-refractivity contribution in [3.8, 4) is 5.75 Å². The first kappa shape index (κ1) is 12.1. The van der Waals surface area contributed by atoms with E-state index in [0.29, 0.717) is 29.1 Å². The third-order valence-electron chi connectivity index (χ3n) is 2.44. The molecular formula is C12H12BrNO3. The van der Waals surface area contributed by atoms with Gasteiger partial charge < -0.3 is 9.47 Å². The summed E-state index contributed by atoms with van der Waals surface area (Å²) in [6.45, 7) is 0.325. The summed E-state index contributed by atoms with van der Waals surface area (Å²) in [5.74, 6) is 0.466. The average molecular weight is 298 g/mol. The molecule has 1 aromatic carbocycles. The highest BCUT2D eigenvalue weighted by molar-refractivity contribution is 9.09. The van der Waals surface area contributed by atoms with Crippen LogP contribution in [0.5, 0.6) is 5.75 Å². The highest BCUT2D eigenvalue weighted by Gasteiger charge is 2.24. The fourth-order valence-corrected chi connectivity index (χ4v) is 2.16. The molecule has 0 unspecified atom stereocenters. The highest BCUT2D eigenvalue weighted by Crippen LogP contribution is 2.26. The minimum Gasteiger partial charge on any atom is -0.462 e. The number of ether oxygens (including phenoxy) is 2. The summed E-state index contributed by atoms with van der Waals surface area (Å²) in [7, 11) is 1.58. The SMILES string of the molecule is COCC1=COc2ccccc2C(=O)N1CBr. The average Bonchev–Trinajstić information content (AvgIpc) is 2.48. The summed E-state index contributed by atoms with van der Waals surface area (Å²) in [5, 5.41) is 0. The van der Waals surface area contributed by atoms with E-state index in [1.54, 1.807) is 30.4 Å². The first-order valence-corrected chi connectivity index (χ1v) is 6.21. The molecule has 0 bridgehead atoms. The van der Waals surface area contributed by atoms with Crippen molar-refractivity contribution in [1.82, 2.24) is 4.90 Å². The van der Waals surface area contributed by atoms with Crippen molar-refractivity contribution in [1.29, 1.82) is 0 Å². The molecular weight excluding hydrogens is 286 g/mol. The van der Waals surface area contributed by atoms with E-state index >= 15 is 0 Å². The zero-order valence-corrected chi connectivity index (χ0v) is 10.9. The Morgan fingerprint density at radius 3 is 2.88 bits per heavy atom.